The van der Waals surface area contributed by atoms with E-state index in [0.29, 0.717) is 18.9 Å². The Labute approximate surface area is 131 Å². The van der Waals surface area contributed by atoms with Crippen LogP contribution in [0.1, 0.15) is 37.8 Å². The quantitative estimate of drug-likeness (QED) is 0.920. The van der Waals surface area contributed by atoms with Crippen LogP contribution in [0.15, 0.2) is 42.7 Å². The monoisotopic (exact) mass is 295 g/mol. The number of rotatable bonds is 5. The van der Waals surface area contributed by atoms with Crippen molar-refractivity contribution < 1.29 is 4.79 Å². The molecular weight excluding hydrogens is 274 g/mol. The van der Waals surface area contributed by atoms with Crippen LogP contribution in [-0.2, 0) is 11.3 Å². The Morgan fingerprint density at radius 1 is 1.14 bits per heavy atom. The summed E-state index contributed by atoms with van der Waals surface area (Å²) >= 11 is 0. The molecule has 0 spiro atoms. The molecule has 1 fully saturated rings. The second-order valence-corrected chi connectivity index (χ2v) is 5.89. The molecule has 1 saturated carbocycles. The molecule has 1 N–H and O–H groups in total. The molecule has 0 atom stereocenters. The van der Waals surface area contributed by atoms with Crippen molar-refractivity contribution in [2.45, 2.75) is 38.6 Å². The summed E-state index contributed by atoms with van der Waals surface area (Å²) < 4.78 is 0. The van der Waals surface area contributed by atoms with Crippen molar-refractivity contribution in [2.75, 3.05) is 0 Å². The number of hydrogen-bond donors (Lipinski definition) is 1. The van der Waals surface area contributed by atoms with Crippen LogP contribution in [0, 0.1) is 5.92 Å². The minimum atomic E-state index is 0.131. The van der Waals surface area contributed by atoms with E-state index >= 15 is 0 Å². The highest BCUT2D eigenvalue weighted by atomic mass is 16.1. The zero-order valence-corrected chi connectivity index (χ0v) is 12.7. The lowest BCUT2D eigenvalue weighted by molar-refractivity contribution is -0.122. The van der Waals surface area contributed by atoms with Crippen molar-refractivity contribution >= 4 is 5.91 Å². The van der Waals surface area contributed by atoms with Crippen LogP contribution in [0.5, 0.6) is 0 Å². The summed E-state index contributed by atoms with van der Waals surface area (Å²) in [6, 6.07) is 11.9. The van der Waals surface area contributed by atoms with E-state index in [1.165, 1.54) is 25.7 Å². The molecule has 4 nitrogen and oxygen atoms in total. The number of amides is 1. The minimum absolute atomic E-state index is 0.131. The van der Waals surface area contributed by atoms with Crippen molar-refractivity contribution in [3.8, 4) is 11.3 Å². The summed E-state index contributed by atoms with van der Waals surface area (Å²) in [5.41, 5.74) is 2.78. The number of carbonyl (C=O) groups excluding carboxylic acids is 1. The fourth-order valence-corrected chi connectivity index (χ4v) is 3.00. The molecule has 114 valence electrons. The summed E-state index contributed by atoms with van der Waals surface area (Å²) in [7, 11) is 0. The Bertz CT molecular complexity index is 621. The molecule has 1 aliphatic rings. The SMILES string of the molecule is O=C(CC1CCCC1)NCc1cc(-c2ccccc2)ncn1. The molecule has 0 bridgehead atoms. The number of hydrogen-bond acceptors (Lipinski definition) is 3. The lowest BCUT2D eigenvalue weighted by Crippen LogP contribution is -2.25. The molecule has 0 aliphatic heterocycles. The van der Waals surface area contributed by atoms with Gasteiger partial charge in [-0.25, -0.2) is 9.97 Å². The molecule has 0 unspecified atom stereocenters. The van der Waals surface area contributed by atoms with E-state index in [4.69, 9.17) is 0 Å². The van der Waals surface area contributed by atoms with Gasteiger partial charge in [-0.05, 0) is 24.8 Å². The molecule has 2 aromatic rings. The first-order chi connectivity index (χ1) is 10.8. The molecule has 4 heteroatoms. The summed E-state index contributed by atoms with van der Waals surface area (Å²) in [5.74, 6) is 0.706. The summed E-state index contributed by atoms with van der Waals surface area (Å²) in [6.07, 6.45) is 7.13. The van der Waals surface area contributed by atoms with Gasteiger partial charge in [0.25, 0.3) is 0 Å². The van der Waals surface area contributed by atoms with Crippen molar-refractivity contribution in [2.24, 2.45) is 5.92 Å². The van der Waals surface area contributed by atoms with Gasteiger partial charge in [-0.3, -0.25) is 4.79 Å². The van der Waals surface area contributed by atoms with E-state index in [1.807, 2.05) is 36.4 Å². The first kappa shape index (κ1) is 14.7. The molecule has 1 aliphatic carbocycles. The minimum Gasteiger partial charge on any atom is -0.350 e. The van der Waals surface area contributed by atoms with Gasteiger partial charge in [-0.15, -0.1) is 0 Å². The van der Waals surface area contributed by atoms with Crippen LogP contribution in [0.2, 0.25) is 0 Å². The largest absolute Gasteiger partial charge is 0.350 e. The van der Waals surface area contributed by atoms with Crippen LogP contribution >= 0.6 is 0 Å². The summed E-state index contributed by atoms with van der Waals surface area (Å²) in [6.45, 7) is 0.466. The fraction of sp³-hybridized carbons (Fsp3) is 0.389. The van der Waals surface area contributed by atoms with Gasteiger partial charge in [0.15, 0.2) is 0 Å². The average molecular weight is 295 g/mol. The highest BCUT2D eigenvalue weighted by Gasteiger charge is 2.18. The maximum Gasteiger partial charge on any atom is 0.220 e. The highest BCUT2D eigenvalue weighted by Crippen LogP contribution is 2.27. The molecule has 22 heavy (non-hydrogen) atoms. The van der Waals surface area contributed by atoms with Crippen LogP contribution < -0.4 is 5.32 Å². The number of aromatic nitrogens is 2. The van der Waals surface area contributed by atoms with E-state index in [9.17, 15) is 4.79 Å². The third-order valence-electron chi connectivity index (χ3n) is 4.21. The van der Waals surface area contributed by atoms with Gasteiger partial charge < -0.3 is 5.32 Å². The molecular formula is C18H21N3O. The Morgan fingerprint density at radius 3 is 2.68 bits per heavy atom. The fourth-order valence-electron chi connectivity index (χ4n) is 3.00. The first-order valence-corrected chi connectivity index (χ1v) is 7.94. The predicted octanol–water partition coefficient (Wildman–Crippen LogP) is 3.34. The van der Waals surface area contributed by atoms with Crippen molar-refractivity contribution in [1.82, 2.24) is 15.3 Å². The standard InChI is InChI=1S/C18H21N3O/c22-18(10-14-6-4-5-7-14)19-12-16-11-17(21-13-20-16)15-8-2-1-3-9-15/h1-3,8-9,11,13-14H,4-7,10,12H2,(H,19,22). The maximum atomic E-state index is 12.0. The van der Waals surface area contributed by atoms with Gasteiger partial charge in [0.05, 0.1) is 17.9 Å². The molecule has 1 aromatic heterocycles. The van der Waals surface area contributed by atoms with Crippen LogP contribution in [0.4, 0.5) is 0 Å². The first-order valence-electron chi connectivity index (χ1n) is 7.94. The van der Waals surface area contributed by atoms with E-state index in [2.05, 4.69) is 15.3 Å². The van der Waals surface area contributed by atoms with Gasteiger partial charge in [-0.1, -0.05) is 43.2 Å². The molecule has 3 rings (SSSR count). The van der Waals surface area contributed by atoms with E-state index in [1.54, 1.807) is 6.33 Å². The lowest BCUT2D eigenvalue weighted by Gasteiger charge is -2.09. The molecule has 1 aromatic carbocycles. The van der Waals surface area contributed by atoms with E-state index in [0.717, 1.165) is 17.0 Å². The second-order valence-electron chi connectivity index (χ2n) is 5.89. The second kappa shape index (κ2) is 7.16. The Hall–Kier alpha value is -2.23. The van der Waals surface area contributed by atoms with Gasteiger partial charge in [-0.2, -0.15) is 0 Å². The number of nitrogens with one attached hydrogen (secondary N) is 1. The van der Waals surface area contributed by atoms with Crippen molar-refractivity contribution in [3.05, 3.63) is 48.4 Å². The lowest BCUT2D eigenvalue weighted by atomic mass is 10.0. The Balaban J connectivity index is 1.57. The van der Waals surface area contributed by atoms with E-state index in [-0.39, 0.29) is 5.91 Å². The van der Waals surface area contributed by atoms with Crippen LogP contribution in [0.3, 0.4) is 0 Å². The molecule has 0 radical (unpaired) electrons. The smallest absolute Gasteiger partial charge is 0.220 e. The average Bonchev–Trinajstić information content (AvgIpc) is 3.07. The van der Waals surface area contributed by atoms with Gasteiger partial charge in [0.1, 0.15) is 6.33 Å². The molecule has 1 heterocycles. The third-order valence-corrected chi connectivity index (χ3v) is 4.21. The Morgan fingerprint density at radius 2 is 1.91 bits per heavy atom. The zero-order chi connectivity index (χ0) is 15.2. The number of nitrogens with zero attached hydrogens (tertiary/aromatic N) is 2. The van der Waals surface area contributed by atoms with Crippen molar-refractivity contribution in [3.63, 3.8) is 0 Å². The zero-order valence-electron chi connectivity index (χ0n) is 12.7. The maximum absolute atomic E-state index is 12.0. The summed E-state index contributed by atoms with van der Waals surface area (Å²) in [4.78, 5) is 20.5. The topological polar surface area (TPSA) is 54.9 Å². The number of carbonyl (C=O) groups is 1. The normalized spacial score (nSPS) is 14.9. The number of benzene rings is 1. The van der Waals surface area contributed by atoms with Gasteiger partial charge >= 0.3 is 0 Å². The van der Waals surface area contributed by atoms with Crippen LogP contribution in [0.25, 0.3) is 11.3 Å². The van der Waals surface area contributed by atoms with Gasteiger partial charge in [0.2, 0.25) is 5.91 Å². The predicted molar refractivity (Wildman–Crippen MR) is 85.9 cm³/mol. The van der Waals surface area contributed by atoms with E-state index < -0.39 is 0 Å². The van der Waals surface area contributed by atoms with Gasteiger partial charge in [0, 0.05) is 12.0 Å². The Kier molecular flexibility index (Phi) is 4.78. The highest BCUT2D eigenvalue weighted by molar-refractivity contribution is 5.76. The molecule has 0 saturated heterocycles. The third kappa shape index (κ3) is 3.91. The van der Waals surface area contributed by atoms with Crippen molar-refractivity contribution in [1.29, 1.82) is 0 Å². The van der Waals surface area contributed by atoms with Crippen LogP contribution in [-0.4, -0.2) is 15.9 Å². The summed E-state index contributed by atoms with van der Waals surface area (Å²) in [5, 5.41) is 2.98. The molecule has 1 amide bonds.